The van der Waals surface area contributed by atoms with Crippen molar-refractivity contribution < 1.29 is 4.55 Å². The topological polar surface area (TPSA) is 35.1 Å². The van der Waals surface area contributed by atoms with Gasteiger partial charge in [-0.3, -0.25) is 0 Å². The second-order valence-corrected chi connectivity index (χ2v) is 5.33. The van der Waals surface area contributed by atoms with E-state index in [0.29, 0.717) is 0 Å². The Morgan fingerprint density at radius 1 is 1.40 bits per heavy atom. The third-order valence-corrected chi connectivity index (χ3v) is 2.62. The zero-order valence-electron chi connectivity index (χ0n) is 7.23. The normalized spacial score (nSPS) is 15.3. The van der Waals surface area contributed by atoms with Crippen molar-refractivity contribution in [2.24, 2.45) is 0 Å². The Labute approximate surface area is 66.7 Å². The molecule has 2 nitrogen and oxygen atoms in total. The maximum atomic E-state index is 11.2. The smallest absolute Gasteiger partial charge is 0.136 e. The molecule has 0 amide bonds. The van der Waals surface area contributed by atoms with E-state index in [2.05, 4.69) is 11.6 Å². The molecule has 0 aliphatic heterocycles. The van der Waals surface area contributed by atoms with Crippen LogP contribution < -0.4 is 4.72 Å². The first kappa shape index (κ1) is 10.3. The van der Waals surface area contributed by atoms with E-state index in [0.717, 1.165) is 13.0 Å². The molecule has 0 radical (unpaired) electrons. The van der Waals surface area contributed by atoms with Gasteiger partial charge in [0.05, 0.1) is 0 Å². The highest BCUT2D eigenvalue weighted by molar-refractivity contribution is 7.90. The van der Waals surface area contributed by atoms with Crippen LogP contribution in [0.4, 0.5) is 0 Å². The van der Waals surface area contributed by atoms with Gasteiger partial charge in [0.1, 0.15) is 4.75 Å². The first-order valence-corrected chi connectivity index (χ1v) is 4.79. The summed E-state index contributed by atoms with van der Waals surface area (Å²) in [6, 6.07) is 0. The van der Waals surface area contributed by atoms with Crippen LogP contribution in [0.3, 0.4) is 0 Å². The molecule has 0 aromatic carbocycles. The molecule has 0 aromatic rings. The summed E-state index contributed by atoms with van der Waals surface area (Å²) in [6.45, 7) is 8.79. The number of hydrogen-bond donors (Lipinski definition) is 1. The summed E-state index contributed by atoms with van der Waals surface area (Å²) in [4.78, 5) is 0. The highest BCUT2D eigenvalue weighted by atomic mass is 32.2. The van der Waals surface area contributed by atoms with E-state index in [1.807, 2.05) is 20.8 Å². The first-order chi connectivity index (χ1) is 4.48. The highest BCUT2D eigenvalue weighted by Crippen LogP contribution is 2.12. The molecule has 1 atom stereocenters. The summed E-state index contributed by atoms with van der Waals surface area (Å²) in [7, 11) is 0. The van der Waals surface area contributed by atoms with Crippen molar-refractivity contribution in [2.75, 3.05) is 6.54 Å². The lowest BCUT2D eigenvalue weighted by atomic mass is 10.3. The van der Waals surface area contributed by atoms with Crippen LogP contribution in [0.25, 0.3) is 0 Å². The Morgan fingerprint density at radius 3 is 2.20 bits per heavy atom. The van der Waals surface area contributed by atoms with Crippen LogP contribution in [0.1, 0.15) is 34.1 Å². The Morgan fingerprint density at radius 2 is 1.90 bits per heavy atom. The third-order valence-electron chi connectivity index (χ3n) is 1.04. The predicted octanol–water partition coefficient (Wildman–Crippen LogP) is 1.45. The second kappa shape index (κ2) is 4.21. The van der Waals surface area contributed by atoms with E-state index in [1.165, 1.54) is 0 Å². The Hall–Kier alpha value is 0.270. The molecule has 0 spiro atoms. The maximum Gasteiger partial charge on any atom is 0.136 e. The molecule has 3 heteroatoms. The quantitative estimate of drug-likeness (QED) is 0.639. The monoisotopic (exact) mass is 163 g/mol. The molecule has 0 fully saturated rings. The number of rotatable bonds is 3. The van der Waals surface area contributed by atoms with Gasteiger partial charge in [-0.1, -0.05) is 6.92 Å². The molecule has 0 rings (SSSR count). The van der Waals surface area contributed by atoms with Crippen LogP contribution in [0.5, 0.6) is 0 Å². The molecule has 1 unspecified atom stereocenters. The van der Waals surface area contributed by atoms with Crippen LogP contribution in [0.2, 0.25) is 0 Å². The molecule has 1 N–H and O–H groups in total. The number of hydrogen-bond acceptors (Lipinski definition) is 2. The van der Waals surface area contributed by atoms with E-state index in [9.17, 15) is 4.55 Å². The standard InChI is InChI=1S/C7H17NOS/c1-5-6-8-10(9)7(2,3)4/h8H,5-6H2,1-4H3. The molecule has 0 aliphatic carbocycles. The zero-order chi connectivity index (χ0) is 8.20. The van der Waals surface area contributed by atoms with Crippen LogP contribution in [-0.4, -0.2) is 15.8 Å². The van der Waals surface area contributed by atoms with Crippen LogP contribution in [0, 0.1) is 0 Å². The largest absolute Gasteiger partial charge is 0.598 e. The minimum atomic E-state index is -0.887. The molecule has 0 saturated carbocycles. The fourth-order valence-corrected chi connectivity index (χ4v) is 1.23. The first-order valence-electron chi connectivity index (χ1n) is 3.64. The van der Waals surface area contributed by atoms with E-state index in [-0.39, 0.29) is 4.75 Å². The summed E-state index contributed by atoms with van der Waals surface area (Å²) >= 11 is -0.887. The summed E-state index contributed by atoms with van der Waals surface area (Å²) < 4.78 is 14.0. The minimum absolute atomic E-state index is 0.130. The van der Waals surface area contributed by atoms with Crippen LogP contribution in [-0.2, 0) is 11.4 Å². The van der Waals surface area contributed by atoms with Crippen molar-refractivity contribution in [3.63, 3.8) is 0 Å². The van der Waals surface area contributed by atoms with E-state index in [1.54, 1.807) is 0 Å². The Balaban J connectivity index is 3.52. The maximum absolute atomic E-state index is 11.2. The minimum Gasteiger partial charge on any atom is -0.598 e. The van der Waals surface area contributed by atoms with Gasteiger partial charge in [0.2, 0.25) is 0 Å². The molecule has 0 aromatic heterocycles. The third kappa shape index (κ3) is 4.14. The summed E-state index contributed by atoms with van der Waals surface area (Å²) in [5, 5.41) is 0. The number of nitrogens with one attached hydrogen (secondary N) is 1. The molecule has 0 bridgehead atoms. The van der Waals surface area contributed by atoms with Crippen LogP contribution in [0.15, 0.2) is 0 Å². The average molecular weight is 163 g/mol. The van der Waals surface area contributed by atoms with Crippen molar-refractivity contribution in [3.05, 3.63) is 0 Å². The van der Waals surface area contributed by atoms with Gasteiger partial charge < -0.3 is 4.55 Å². The molecular formula is C7H17NOS. The lowest BCUT2D eigenvalue weighted by Crippen LogP contribution is -2.39. The summed E-state index contributed by atoms with van der Waals surface area (Å²) in [5.74, 6) is 0. The SMILES string of the molecule is CCCN[S+]([O-])C(C)(C)C. The highest BCUT2D eigenvalue weighted by Gasteiger charge is 2.25. The van der Waals surface area contributed by atoms with Crippen LogP contribution >= 0.6 is 0 Å². The average Bonchev–Trinajstić information content (AvgIpc) is 1.80. The molecule has 10 heavy (non-hydrogen) atoms. The molecule has 62 valence electrons. The van der Waals surface area contributed by atoms with Gasteiger partial charge in [0.25, 0.3) is 0 Å². The predicted molar refractivity (Wildman–Crippen MR) is 46.2 cm³/mol. The van der Waals surface area contributed by atoms with Gasteiger partial charge in [-0.15, -0.1) is 4.72 Å². The lowest BCUT2D eigenvalue weighted by Gasteiger charge is -2.23. The van der Waals surface area contributed by atoms with Gasteiger partial charge in [0, 0.05) is 17.9 Å². The van der Waals surface area contributed by atoms with Crippen molar-refractivity contribution in [1.82, 2.24) is 4.72 Å². The molecule has 0 aliphatic rings. The van der Waals surface area contributed by atoms with E-state index in [4.69, 9.17) is 0 Å². The fraction of sp³-hybridized carbons (Fsp3) is 1.00. The van der Waals surface area contributed by atoms with Crippen molar-refractivity contribution in [2.45, 2.75) is 38.9 Å². The Bertz CT molecular complexity index is 90.1. The lowest BCUT2D eigenvalue weighted by molar-refractivity contribution is 0.544. The van der Waals surface area contributed by atoms with E-state index >= 15 is 0 Å². The molecular weight excluding hydrogens is 146 g/mol. The van der Waals surface area contributed by atoms with Gasteiger partial charge in [0.15, 0.2) is 0 Å². The molecule has 0 heterocycles. The van der Waals surface area contributed by atoms with Gasteiger partial charge >= 0.3 is 0 Å². The van der Waals surface area contributed by atoms with E-state index < -0.39 is 11.4 Å². The van der Waals surface area contributed by atoms with Gasteiger partial charge in [-0.25, -0.2) is 0 Å². The summed E-state index contributed by atoms with van der Waals surface area (Å²) in [6.07, 6.45) is 1.03. The Kier molecular flexibility index (Phi) is 4.32. The van der Waals surface area contributed by atoms with Gasteiger partial charge in [-0.2, -0.15) is 0 Å². The fourth-order valence-electron chi connectivity index (χ4n) is 0.411. The molecule has 0 saturated heterocycles. The second-order valence-electron chi connectivity index (χ2n) is 3.28. The van der Waals surface area contributed by atoms with Crippen molar-refractivity contribution in [3.8, 4) is 0 Å². The van der Waals surface area contributed by atoms with Crippen molar-refractivity contribution >= 4 is 11.4 Å². The van der Waals surface area contributed by atoms with Gasteiger partial charge in [-0.05, 0) is 27.2 Å². The summed E-state index contributed by atoms with van der Waals surface area (Å²) in [5.41, 5.74) is 0. The zero-order valence-corrected chi connectivity index (χ0v) is 8.05. The van der Waals surface area contributed by atoms with Crippen molar-refractivity contribution in [1.29, 1.82) is 0 Å².